The van der Waals surface area contributed by atoms with Crippen LogP contribution in [0, 0.1) is 5.92 Å². The summed E-state index contributed by atoms with van der Waals surface area (Å²) in [6.07, 6.45) is 1.95. The van der Waals surface area contributed by atoms with Crippen molar-refractivity contribution < 1.29 is 17.9 Å². The summed E-state index contributed by atoms with van der Waals surface area (Å²) >= 11 is 0. The number of nitrogens with one attached hydrogen (secondary N) is 1. The molecule has 0 atom stereocenters. The second-order valence-corrected chi connectivity index (χ2v) is 8.53. The van der Waals surface area contributed by atoms with Crippen molar-refractivity contribution in [2.24, 2.45) is 5.92 Å². The molecule has 0 bridgehead atoms. The predicted octanol–water partition coefficient (Wildman–Crippen LogP) is 2.64. The van der Waals surface area contributed by atoms with E-state index in [-0.39, 0.29) is 22.6 Å². The summed E-state index contributed by atoms with van der Waals surface area (Å²) in [4.78, 5) is 14.6. The molecule has 1 amide bonds. The molecule has 1 aromatic carbocycles. The lowest BCUT2D eigenvalue weighted by atomic mass is 9.98. The number of amides is 1. The maximum Gasteiger partial charge on any atom is 0.253 e. The van der Waals surface area contributed by atoms with Crippen LogP contribution in [0.4, 0.5) is 0 Å². The molecule has 1 aliphatic heterocycles. The number of nitrogens with zero attached hydrogens (tertiary/aromatic N) is 1. The lowest BCUT2D eigenvalue weighted by Crippen LogP contribution is -2.38. The smallest absolute Gasteiger partial charge is 0.253 e. The molecule has 0 saturated carbocycles. The van der Waals surface area contributed by atoms with Crippen molar-refractivity contribution in [1.82, 2.24) is 9.62 Å². The van der Waals surface area contributed by atoms with Crippen LogP contribution in [0.1, 0.15) is 50.9 Å². The third-order valence-corrected chi connectivity index (χ3v) is 5.92. The molecule has 25 heavy (non-hydrogen) atoms. The summed E-state index contributed by atoms with van der Waals surface area (Å²) in [5.41, 5.74) is 0.377. The van der Waals surface area contributed by atoms with E-state index in [1.807, 2.05) is 0 Å². The molecule has 1 saturated heterocycles. The summed E-state index contributed by atoms with van der Waals surface area (Å²) in [5, 5.41) is 0. The number of likely N-dealkylation sites (tertiary alicyclic amines) is 1. The van der Waals surface area contributed by atoms with Gasteiger partial charge in [0, 0.05) is 24.7 Å². The van der Waals surface area contributed by atoms with Crippen molar-refractivity contribution in [3.63, 3.8) is 0 Å². The average Bonchev–Trinajstić information content (AvgIpc) is 2.54. The number of hydrogen-bond acceptors (Lipinski definition) is 4. The SMILES string of the molecule is CCOc1ccc(C(=O)N2CCC(C)CC2)cc1S(=O)(=O)NC(C)C. The summed E-state index contributed by atoms with van der Waals surface area (Å²) in [7, 11) is -3.75. The molecular formula is C18H28N2O4S. The van der Waals surface area contributed by atoms with Gasteiger partial charge in [-0.3, -0.25) is 4.79 Å². The number of carbonyl (C=O) groups excluding carboxylic acids is 1. The van der Waals surface area contributed by atoms with Crippen LogP contribution in [0.5, 0.6) is 5.75 Å². The van der Waals surface area contributed by atoms with Gasteiger partial charge in [0.2, 0.25) is 10.0 Å². The Balaban J connectivity index is 2.35. The first-order valence-electron chi connectivity index (χ1n) is 8.83. The number of piperidine rings is 1. The Bertz CT molecular complexity index is 708. The van der Waals surface area contributed by atoms with Crippen molar-refractivity contribution in [3.8, 4) is 5.75 Å². The summed E-state index contributed by atoms with van der Waals surface area (Å²) in [6, 6.07) is 4.39. The topological polar surface area (TPSA) is 75.7 Å². The van der Waals surface area contributed by atoms with E-state index in [9.17, 15) is 13.2 Å². The summed E-state index contributed by atoms with van der Waals surface area (Å²) < 4.78 is 33.2. The van der Waals surface area contributed by atoms with Gasteiger partial charge in [0.15, 0.2) is 0 Å². The van der Waals surface area contributed by atoms with Crippen LogP contribution in [-0.4, -0.2) is 45.0 Å². The highest BCUT2D eigenvalue weighted by molar-refractivity contribution is 7.89. The number of sulfonamides is 1. The molecule has 0 spiro atoms. The third kappa shape index (κ3) is 4.95. The molecule has 1 aliphatic rings. The lowest BCUT2D eigenvalue weighted by molar-refractivity contribution is 0.0697. The first-order valence-corrected chi connectivity index (χ1v) is 10.3. The van der Waals surface area contributed by atoms with Crippen molar-refractivity contribution in [2.75, 3.05) is 19.7 Å². The van der Waals surface area contributed by atoms with Crippen molar-refractivity contribution in [1.29, 1.82) is 0 Å². The lowest BCUT2D eigenvalue weighted by Gasteiger charge is -2.30. The van der Waals surface area contributed by atoms with Gasteiger partial charge >= 0.3 is 0 Å². The first kappa shape index (κ1) is 19.7. The Labute approximate surface area is 150 Å². The molecule has 0 aromatic heterocycles. The Morgan fingerprint density at radius 2 is 1.96 bits per heavy atom. The van der Waals surface area contributed by atoms with Gasteiger partial charge in [-0.2, -0.15) is 0 Å². The van der Waals surface area contributed by atoms with Crippen LogP contribution < -0.4 is 9.46 Å². The molecule has 0 aliphatic carbocycles. The monoisotopic (exact) mass is 368 g/mol. The van der Waals surface area contributed by atoms with Gasteiger partial charge in [0.05, 0.1) is 6.61 Å². The highest BCUT2D eigenvalue weighted by atomic mass is 32.2. The zero-order valence-corrected chi connectivity index (χ0v) is 16.2. The fourth-order valence-corrected chi connectivity index (χ4v) is 4.32. The van der Waals surface area contributed by atoms with E-state index in [0.717, 1.165) is 12.8 Å². The highest BCUT2D eigenvalue weighted by Gasteiger charge is 2.26. The largest absolute Gasteiger partial charge is 0.492 e. The second-order valence-electron chi connectivity index (χ2n) is 6.85. The number of carbonyl (C=O) groups is 1. The quantitative estimate of drug-likeness (QED) is 0.837. The standard InChI is InChI=1S/C18H28N2O4S/c1-5-24-16-7-6-15(12-17(16)25(22,23)19-13(2)3)18(21)20-10-8-14(4)9-11-20/h6-7,12-14,19H,5,8-11H2,1-4H3. The summed E-state index contributed by atoms with van der Waals surface area (Å²) in [5.74, 6) is 0.756. The predicted molar refractivity (Wildman–Crippen MR) is 97.4 cm³/mol. The Morgan fingerprint density at radius 1 is 1.32 bits per heavy atom. The van der Waals surface area contributed by atoms with Crippen molar-refractivity contribution >= 4 is 15.9 Å². The van der Waals surface area contributed by atoms with E-state index >= 15 is 0 Å². The van der Waals surface area contributed by atoms with Gasteiger partial charge in [-0.05, 0) is 57.7 Å². The minimum Gasteiger partial charge on any atom is -0.492 e. The Morgan fingerprint density at radius 3 is 2.52 bits per heavy atom. The van der Waals surface area contributed by atoms with Crippen LogP contribution in [0.25, 0.3) is 0 Å². The molecule has 1 heterocycles. The minimum atomic E-state index is -3.75. The maximum absolute atomic E-state index is 12.7. The van der Waals surface area contributed by atoms with Gasteiger partial charge < -0.3 is 9.64 Å². The maximum atomic E-state index is 12.7. The Hall–Kier alpha value is -1.60. The van der Waals surface area contributed by atoms with Gasteiger partial charge in [0.25, 0.3) is 5.91 Å². The molecule has 1 aromatic rings. The van der Waals surface area contributed by atoms with Crippen LogP contribution >= 0.6 is 0 Å². The minimum absolute atomic E-state index is 0.0132. The average molecular weight is 368 g/mol. The molecule has 0 radical (unpaired) electrons. The van der Waals surface area contributed by atoms with Gasteiger partial charge in [-0.1, -0.05) is 6.92 Å². The highest BCUT2D eigenvalue weighted by Crippen LogP contribution is 2.27. The number of benzene rings is 1. The van der Waals surface area contributed by atoms with E-state index in [2.05, 4.69) is 11.6 Å². The number of rotatable bonds is 6. The van der Waals surface area contributed by atoms with Crippen LogP contribution in [0.15, 0.2) is 23.1 Å². The van der Waals surface area contributed by atoms with Gasteiger partial charge in [-0.15, -0.1) is 0 Å². The van der Waals surface area contributed by atoms with Crippen molar-refractivity contribution in [2.45, 2.75) is 51.5 Å². The fraction of sp³-hybridized carbons (Fsp3) is 0.611. The first-order chi connectivity index (χ1) is 11.7. The molecule has 2 rings (SSSR count). The van der Waals surface area contributed by atoms with Gasteiger partial charge in [-0.25, -0.2) is 13.1 Å². The normalized spacial score (nSPS) is 16.3. The molecular weight excluding hydrogens is 340 g/mol. The molecule has 0 unspecified atom stereocenters. The number of hydrogen-bond donors (Lipinski definition) is 1. The van der Waals surface area contributed by atoms with Gasteiger partial charge in [0.1, 0.15) is 10.6 Å². The zero-order chi connectivity index (χ0) is 18.6. The number of ether oxygens (including phenoxy) is 1. The molecule has 6 nitrogen and oxygen atoms in total. The molecule has 7 heteroatoms. The van der Waals surface area contributed by atoms with Crippen molar-refractivity contribution in [3.05, 3.63) is 23.8 Å². The van der Waals surface area contributed by atoms with Crippen LogP contribution in [0.3, 0.4) is 0 Å². The van der Waals surface area contributed by atoms with E-state index < -0.39 is 10.0 Å². The molecule has 1 fully saturated rings. The van der Waals surface area contributed by atoms with E-state index in [1.165, 1.54) is 6.07 Å². The van der Waals surface area contributed by atoms with E-state index in [0.29, 0.717) is 31.2 Å². The van der Waals surface area contributed by atoms with E-state index in [4.69, 9.17) is 4.74 Å². The third-order valence-electron chi connectivity index (χ3n) is 4.24. The summed E-state index contributed by atoms with van der Waals surface area (Å²) in [6.45, 7) is 9.24. The zero-order valence-electron chi connectivity index (χ0n) is 15.4. The molecule has 140 valence electrons. The fourth-order valence-electron chi connectivity index (χ4n) is 2.89. The van der Waals surface area contributed by atoms with Crippen LogP contribution in [-0.2, 0) is 10.0 Å². The van der Waals surface area contributed by atoms with Crippen LogP contribution in [0.2, 0.25) is 0 Å². The second kappa shape index (κ2) is 8.19. The molecule has 1 N–H and O–H groups in total. The Kier molecular flexibility index (Phi) is 6.46. The van der Waals surface area contributed by atoms with E-state index in [1.54, 1.807) is 37.8 Å².